The molecule has 88 valence electrons. The molecular formula is C11H15BrClN3. The van der Waals surface area contributed by atoms with Gasteiger partial charge in [0.15, 0.2) is 0 Å². The summed E-state index contributed by atoms with van der Waals surface area (Å²) in [4.78, 5) is 10.9. The molecule has 0 saturated carbocycles. The predicted octanol–water partition coefficient (Wildman–Crippen LogP) is 3.08. The molecule has 0 radical (unpaired) electrons. The molecule has 1 aromatic rings. The highest BCUT2D eigenvalue weighted by Crippen LogP contribution is 2.23. The van der Waals surface area contributed by atoms with Crippen LogP contribution in [0.4, 0.5) is 5.95 Å². The number of hydrogen-bond donors (Lipinski definition) is 0. The maximum Gasteiger partial charge on any atom is 0.225 e. The van der Waals surface area contributed by atoms with E-state index in [1.807, 2.05) is 0 Å². The average Bonchev–Trinajstić information content (AvgIpc) is 2.31. The summed E-state index contributed by atoms with van der Waals surface area (Å²) in [5.41, 5.74) is 0. The fourth-order valence-electron chi connectivity index (χ4n) is 2.11. The van der Waals surface area contributed by atoms with E-state index in [2.05, 4.69) is 30.8 Å². The summed E-state index contributed by atoms with van der Waals surface area (Å²) in [7, 11) is 0. The lowest BCUT2D eigenvalue weighted by atomic mass is 9.96. The summed E-state index contributed by atoms with van der Waals surface area (Å²) < 4.78 is 0.922. The summed E-state index contributed by atoms with van der Waals surface area (Å²) in [6.07, 6.45) is 7.18. The van der Waals surface area contributed by atoms with Crippen LogP contribution in [-0.4, -0.2) is 28.9 Å². The highest BCUT2D eigenvalue weighted by atomic mass is 79.9. The monoisotopic (exact) mass is 303 g/mol. The van der Waals surface area contributed by atoms with E-state index in [0.717, 1.165) is 35.8 Å². The molecule has 0 amide bonds. The molecule has 1 saturated heterocycles. The lowest BCUT2D eigenvalue weighted by Gasteiger charge is -2.32. The average molecular weight is 305 g/mol. The Bertz CT molecular complexity index is 329. The first-order valence-corrected chi connectivity index (χ1v) is 6.91. The van der Waals surface area contributed by atoms with Crippen LogP contribution in [-0.2, 0) is 0 Å². The van der Waals surface area contributed by atoms with E-state index in [-0.39, 0.29) is 0 Å². The van der Waals surface area contributed by atoms with Crippen molar-refractivity contribution in [3.8, 4) is 0 Å². The largest absolute Gasteiger partial charge is 0.341 e. The number of anilines is 1. The number of aromatic nitrogens is 2. The van der Waals surface area contributed by atoms with Crippen molar-refractivity contribution < 1.29 is 0 Å². The van der Waals surface area contributed by atoms with Gasteiger partial charge >= 0.3 is 0 Å². The maximum absolute atomic E-state index is 5.79. The van der Waals surface area contributed by atoms with Gasteiger partial charge in [-0.2, -0.15) is 0 Å². The zero-order valence-electron chi connectivity index (χ0n) is 9.07. The zero-order chi connectivity index (χ0) is 11.4. The molecule has 1 unspecified atom stereocenters. The summed E-state index contributed by atoms with van der Waals surface area (Å²) in [5, 5.41) is 0. The second-order valence-electron chi connectivity index (χ2n) is 4.13. The van der Waals surface area contributed by atoms with Crippen LogP contribution in [0.25, 0.3) is 0 Å². The van der Waals surface area contributed by atoms with Crippen molar-refractivity contribution in [1.29, 1.82) is 0 Å². The van der Waals surface area contributed by atoms with E-state index < -0.39 is 0 Å². The molecule has 0 aromatic carbocycles. The van der Waals surface area contributed by atoms with E-state index in [1.54, 1.807) is 12.4 Å². The Balaban J connectivity index is 2.01. The molecular weight excluding hydrogens is 289 g/mol. The molecule has 0 aliphatic carbocycles. The first kappa shape index (κ1) is 12.1. The van der Waals surface area contributed by atoms with Gasteiger partial charge in [0.25, 0.3) is 0 Å². The molecule has 0 spiro atoms. The minimum Gasteiger partial charge on any atom is -0.341 e. The maximum atomic E-state index is 5.79. The molecule has 1 aromatic heterocycles. The molecule has 2 rings (SSSR count). The fraction of sp³-hybridized carbons (Fsp3) is 0.636. The summed E-state index contributed by atoms with van der Waals surface area (Å²) >= 11 is 9.14. The standard InChI is InChI=1S/C11H15BrClN3/c12-10-6-14-11(15-7-10)16-5-1-2-9(8-16)3-4-13/h6-7,9H,1-5,8H2. The lowest BCUT2D eigenvalue weighted by molar-refractivity contribution is 0.402. The van der Waals surface area contributed by atoms with Crippen LogP contribution < -0.4 is 4.90 Å². The molecule has 3 nitrogen and oxygen atoms in total. The number of hydrogen-bond acceptors (Lipinski definition) is 3. The van der Waals surface area contributed by atoms with E-state index in [9.17, 15) is 0 Å². The fourth-order valence-corrected chi connectivity index (χ4v) is 2.62. The molecule has 16 heavy (non-hydrogen) atoms. The van der Waals surface area contributed by atoms with Crippen molar-refractivity contribution in [2.75, 3.05) is 23.9 Å². The van der Waals surface area contributed by atoms with Crippen molar-refractivity contribution in [2.45, 2.75) is 19.3 Å². The third-order valence-electron chi connectivity index (χ3n) is 2.93. The predicted molar refractivity (Wildman–Crippen MR) is 70.0 cm³/mol. The van der Waals surface area contributed by atoms with Crippen LogP contribution in [0.1, 0.15) is 19.3 Å². The van der Waals surface area contributed by atoms with Crippen molar-refractivity contribution in [2.24, 2.45) is 5.92 Å². The van der Waals surface area contributed by atoms with Gasteiger partial charge in [-0.1, -0.05) is 0 Å². The Morgan fingerprint density at radius 1 is 1.44 bits per heavy atom. The van der Waals surface area contributed by atoms with Gasteiger partial charge in [0.05, 0.1) is 4.47 Å². The molecule has 2 heterocycles. The molecule has 0 N–H and O–H groups in total. The topological polar surface area (TPSA) is 29.0 Å². The van der Waals surface area contributed by atoms with Gasteiger partial charge in [0, 0.05) is 31.4 Å². The van der Waals surface area contributed by atoms with Crippen LogP contribution in [0.15, 0.2) is 16.9 Å². The van der Waals surface area contributed by atoms with Gasteiger partial charge in [-0.25, -0.2) is 9.97 Å². The molecule has 1 aliphatic heterocycles. The minimum atomic E-state index is 0.693. The van der Waals surface area contributed by atoms with Gasteiger partial charge in [0.2, 0.25) is 5.95 Å². The quantitative estimate of drug-likeness (QED) is 0.804. The zero-order valence-corrected chi connectivity index (χ0v) is 11.4. The first-order valence-electron chi connectivity index (χ1n) is 5.58. The number of halogens is 2. The van der Waals surface area contributed by atoms with Gasteiger partial charge in [-0.3, -0.25) is 0 Å². The summed E-state index contributed by atoms with van der Waals surface area (Å²) in [5.74, 6) is 2.28. The van der Waals surface area contributed by atoms with Crippen LogP contribution in [0.3, 0.4) is 0 Å². The first-order chi connectivity index (χ1) is 7.79. The number of nitrogens with zero attached hydrogens (tertiary/aromatic N) is 3. The molecule has 5 heteroatoms. The number of rotatable bonds is 3. The SMILES string of the molecule is ClCCC1CCCN(c2ncc(Br)cn2)C1. The van der Waals surface area contributed by atoms with Crippen LogP contribution in [0.5, 0.6) is 0 Å². The lowest BCUT2D eigenvalue weighted by Crippen LogP contribution is -2.36. The van der Waals surface area contributed by atoms with Gasteiger partial charge < -0.3 is 4.90 Å². The Hall–Kier alpha value is -0.350. The van der Waals surface area contributed by atoms with Crippen LogP contribution >= 0.6 is 27.5 Å². The Morgan fingerprint density at radius 2 is 2.19 bits per heavy atom. The second-order valence-corrected chi connectivity index (χ2v) is 5.43. The normalized spacial score (nSPS) is 21.1. The van der Waals surface area contributed by atoms with Crippen molar-refractivity contribution in [3.63, 3.8) is 0 Å². The van der Waals surface area contributed by atoms with Crippen molar-refractivity contribution in [1.82, 2.24) is 9.97 Å². The Labute approximate surface area is 109 Å². The Kier molecular flexibility index (Phi) is 4.41. The molecule has 0 bridgehead atoms. The number of piperidine rings is 1. The third kappa shape index (κ3) is 3.08. The second kappa shape index (κ2) is 5.82. The highest BCUT2D eigenvalue weighted by molar-refractivity contribution is 9.10. The number of alkyl halides is 1. The summed E-state index contributed by atoms with van der Waals surface area (Å²) in [6, 6.07) is 0. The molecule has 1 fully saturated rings. The van der Waals surface area contributed by atoms with Gasteiger partial charge in [0.1, 0.15) is 0 Å². The van der Waals surface area contributed by atoms with Crippen molar-refractivity contribution in [3.05, 3.63) is 16.9 Å². The van der Waals surface area contributed by atoms with E-state index in [1.165, 1.54) is 12.8 Å². The highest BCUT2D eigenvalue weighted by Gasteiger charge is 2.20. The van der Waals surface area contributed by atoms with Crippen molar-refractivity contribution >= 4 is 33.5 Å². The van der Waals surface area contributed by atoms with E-state index in [0.29, 0.717) is 5.92 Å². The van der Waals surface area contributed by atoms with E-state index >= 15 is 0 Å². The van der Waals surface area contributed by atoms with Crippen LogP contribution in [0.2, 0.25) is 0 Å². The van der Waals surface area contributed by atoms with E-state index in [4.69, 9.17) is 11.6 Å². The van der Waals surface area contributed by atoms with Crippen LogP contribution in [0, 0.1) is 5.92 Å². The third-order valence-corrected chi connectivity index (χ3v) is 3.55. The van der Waals surface area contributed by atoms with Gasteiger partial charge in [-0.15, -0.1) is 11.6 Å². The smallest absolute Gasteiger partial charge is 0.225 e. The summed E-state index contributed by atoms with van der Waals surface area (Å²) in [6.45, 7) is 2.09. The Morgan fingerprint density at radius 3 is 2.88 bits per heavy atom. The molecule has 1 aliphatic rings. The molecule has 1 atom stereocenters. The van der Waals surface area contributed by atoms with Gasteiger partial charge in [-0.05, 0) is 41.1 Å². The minimum absolute atomic E-state index is 0.693.